The van der Waals surface area contributed by atoms with E-state index in [9.17, 15) is 21.6 Å². The smallest absolute Gasteiger partial charge is 0.270 e. The van der Waals surface area contributed by atoms with Crippen LogP contribution < -0.4 is 4.72 Å². The third-order valence-corrected chi connectivity index (χ3v) is 4.94. The number of hydrogen-bond acceptors (Lipinski definition) is 2. The molecule has 0 atom stereocenters. The minimum atomic E-state index is -4.53. The zero-order chi connectivity index (χ0) is 15.6. The third-order valence-electron chi connectivity index (χ3n) is 2.58. The van der Waals surface area contributed by atoms with Crippen molar-refractivity contribution >= 4 is 31.8 Å². The first-order chi connectivity index (χ1) is 9.11. The van der Waals surface area contributed by atoms with Crippen LogP contribution >= 0.6 is 15.9 Å². The summed E-state index contributed by atoms with van der Waals surface area (Å²) in [5, 5.41) is 0. The summed E-state index contributed by atoms with van der Waals surface area (Å²) >= 11 is 3.03. The van der Waals surface area contributed by atoms with Crippen LogP contribution in [0.2, 0.25) is 0 Å². The first kappa shape index (κ1) is 17.3. The van der Waals surface area contributed by atoms with E-state index in [4.69, 9.17) is 0 Å². The maximum atomic E-state index is 12.6. The summed E-state index contributed by atoms with van der Waals surface area (Å²) in [6.07, 6.45) is -4.53. The fourth-order valence-corrected chi connectivity index (χ4v) is 3.28. The van der Waals surface area contributed by atoms with Gasteiger partial charge in [-0.25, -0.2) is 0 Å². The van der Waals surface area contributed by atoms with Crippen molar-refractivity contribution in [2.75, 3.05) is 17.8 Å². The van der Waals surface area contributed by atoms with E-state index < -0.39 is 21.9 Å². The van der Waals surface area contributed by atoms with Gasteiger partial charge in [0.1, 0.15) is 0 Å². The molecular formula is C11H14BrF3N2O2S. The summed E-state index contributed by atoms with van der Waals surface area (Å²) in [6.45, 7) is 3.73. The molecule has 0 amide bonds. The Morgan fingerprint density at radius 2 is 1.80 bits per heavy atom. The number of anilines is 1. The first-order valence-corrected chi connectivity index (χ1v) is 7.99. The molecule has 0 heterocycles. The number of halogens is 4. The normalized spacial score (nSPS) is 12.8. The fraction of sp³-hybridized carbons (Fsp3) is 0.455. The van der Waals surface area contributed by atoms with Crippen LogP contribution in [-0.4, -0.2) is 25.8 Å². The second-order valence-electron chi connectivity index (χ2n) is 3.88. The lowest BCUT2D eigenvalue weighted by molar-refractivity contribution is -0.137. The Morgan fingerprint density at radius 1 is 1.25 bits per heavy atom. The van der Waals surface area contributed by atoms with E-state index in [2.05, 4.69) is 20.7 Å². The SMILES string of the molecule is CCN(CC)S(=O)(=O)Nc1cc(C(F)(F)F)ccc1Br. The highest BCUT2D eigenvalue weighted by molar-refractivity contribution is 9.10. The van der Waals surface area contributed by atoms with Crippen LogP contribution in [0, 0.1) is 0 Å². The summed E-state index contributed by atoms with van der Waals surface area (Å²) in [4.78, 5) is 0. The number of benzene rings is 1. The molecule has 1 aromatic carbocycles. The standard InChI is InChI=1S/C11H14BrF3N2O2S/c1-3-17(4-2)20(18,19)16-10-7-8(11(13,14)15)5-6-9(10)12/h5-7,16H,3-4H2,1-2H3. The van der Waals surface area contributed by atoms with E-state index in [0.29, 0.717) is 0 Å². The lowest BCUT2D eigenvalue weighted by atomic mass is 10.2. The fourth-order valence-electron chi connectivity index (χ4n) is 1.55. The van der Waals surface area contributed by atoms with Gasteiger partial charge in [-0.2, -0.15) is 25.9 Å². The van der Waals surface area contributed by atoms with Crippen LogP contribution in [0.15, 0.2) is 22.7 Å². The van der Waals surface area contributed by atoms with Crippen molar-refractivity contribution in [2.24, 2.45) is 0 Å². The molecule has 0 spiro atoms. The Labute approximate surface area is 124 Å². The predicted octanol–water partition coefficient (Wildman–Crippen LogP) is 3.47. The van der Waals surface area contributed by atoms with Crippen molar-refractivity contribution in [3.63, 3.8) is 0 Å². The van der Waals surface area contributed by atoms with E-state index in [1.54, 1.807) is 13.8 Å². The highest BCUT2D eigenvalue weighted by Gasteiger charge is 2.31. The summed E-state index contributed by atoms with van der Waals surface area (Å²) in [7, 11) is -3.87. The predicted molar refractivity (Wildman–Crippen MR) is 74.6 cm³/mol. The third kappa shape index (κ3) is 4.10. The summed E-state index contributed by atoms with van der Waals surface area (Å²) in [6, 6.07) is 2.79. The minimum Gasteiger partial charge on any atom is -0.270 e. The molecule has 114 valence electrons. The van der Waals surface area contributed by atoms with Crippen molar-refractivity contribution in [1.82, 2.24) is 4.31 Å². The number of nitrogens with zero attached hydrogens (tertiary/aromatic N) is 1. The quantitative estimate of drug-likeness (QED) is 0.857. The van der Waals surface area contributed by atoms with E-state index in [1.807, 2.05) is 0 Å². The van der Waals surface area contributed by atoms with E-state index in [-0.39, 0.29) is 23.2 Å². The molecule has 0 radical (unpaired) electrons. The average Bonchev–Trinajstić information content (AvgIpc) is 2.31. The van der Waals surface area contributed by atoms with Crippen LogP contribution in [0.5, 0.6) is 0 Å². The zero-order valence-corrected chi connectivity index (χ0v) is 13.2. The Hall–Kier alpha value is -0.800. The van der Waals surface area contributed by atoms with E-state index in [1.165, 1.54) is 0 Å². The number of rotatable bonds is 5. The summed E-state index contributed by atoms with van der Waals surface area (Å²) in [5.41, 5.74) is -1.07. The Bertz CT molecular complexity index is 572. The van der Waals surface area contributed by atoms with Crippen molar-refractivity contribution in [1.29, 1.82) is 0 Å². The molecule has 0 fully saturated rings. The lowest BCUT2D eigenvalue weighted by Gasteiger charge is -2.20. The molecule has 0 bridgehead atoms. The maximum absolute atomic E-state index is 12.6. The molecule has 0 aliphatic heterocycles. The number of hydrogen-bond donors (Lipinski definition) is 1. The van der Waals surface area contributed by atoms with Gasteiger partial charge >= 0.3 is 16.4 Å². The van der Waals surface area contributed by atoms with E-state index in [0.717, 1.165) is 22.5 Å². The summed E-state index contributed by atoms with van der Waals surface area (Å²) < 4.78 is 65.3. The van der Waals surface area contributed by atoms with Gasteiger partial charge in [-0.05, 0) is 34.1 Å². The maximum Gasteiger partial charge on any atom is 0.416 e. The molecule has 1 N–H and O–H groups in total. The van der Waals surface area contributed by atoms with E-state index >= 15 is 0 Å². The molecule has 0 saturated heterocycles. The van der Waals surface area contributed by atoms with Crippen LogP contribution in [0.1, 0.15) is 19.4 Å². The topological polar surface area (TPSA) is 49.4 Å². The average molecular weight is 375 g/mol. The minimum absolute atomic E-state index is 0.147. The molecule has 0 unspecified atom stereocenters. The molecule has 1 aromatic rings. The van der Waals surface area contributed by atoms with Gasteiger partial charge in [0, 0.05) is 17.6 Å². The zero-order valence-electron chi connectivity index (χ0n) is 10.8. The van der Waals surface area contributed by atoms with Crippen LogP contribution in [-0.2, 0) is 16.4 Å². The van der Waals surface area contributed by atoms with Crippen molar-refractivity contribution < 1.29 is 21.6 Å². The van der Waals surface area contributed by atoms with Gasteiger partial charge in [0.05, 0.1) is 11.3 Å². The van der Waals surface area contributed by atoms with Crippen molar-refractivity contribution in [3.05, 3.63) is 28.2 Å². The molecule has 0 aliphatic rings. The largest absolute Gasteiger partial charge is 0.416 e. The highest BCUT2D eigenvalue weighted by atomic mass is 79.9. The molecule has 4 nitrogen and oxygen atoms in total. The van der Waals surface area contributed by atoms with Gasteiger partial charge in [-0.3, -0.25) is 4.72 Å². The molecule has 9 heteroatoms. The summed E-state index contributed by atoms with van der Waals surface area (Å²) in [5.74, 6) is 0. The Morgan fingerprint density at radius 3 is 2.25 bits per heavy atom. The first-order valence-electron chi connectivity index (χ1n) is 5.76. The van der Waals surface area contributed by atoms with Gasteiger partial charge in [0.2, 0.25) is 0 Å². The molecular weight excluding hydrogens is 361 g/mol. The number of nitrogens with one attached hydrogen (secondary N) is 1. The molecule has 0 saturated carbocycles. The number of alkyl halides is 3. The molecule has 0 aromatic heterocycles. The molecule has 20 heavy (non-hydrogen) atoms. The monoisotopic (exact) mass is 374 g/mol. The van der Waals surface area contributed by atoms with Crippen LogP contribution in [0.3, 0.4) is 0 Å². The Kier molecular flexibility index (Phi) is 5.45. The molecule has 0 aliphatic carbocycles. The van der Waals surface area contributed by atoms with Gasteiger partial charge in [-0.1, -0.05) is 13.8 Å². The van der Waals surface area contributed by atoms with Gasteiger partial charge < -0.3 is 0 Å². The van der Waals surface area contributed by atoms with Crippen molar-refractivity contribution in [2.45, 2.75) is 20.0 Å². The molecule has 1 rings (SSSR count). The van der Waals surface area contributed by atoms with Gasteiger partial charge in [-0.15, -0.1) is 0 Å². The van der Waals surface area contributed by atoms with Gasteiger partial charge in [0.15, 0.2) is 0 Å². The van der Waals surface area contributed by atoms with Gasteiger partial charge in [0.25, 0.3) is 0 Å². The Balaban J connectivity index is 3.15. The van der Waals surface area contributed by atoms with Crippen LogP contribution in [0.4, 0.5) is 18.9 Å². The highest BCUT2D eigenvalue weighted by Crippen LogP contribution is 2.34. The second kappa shape index (κ2) is 6.31. The van der Waals surface area contributed by atoms with Crippen molar-refractivity contribution in [3.8, 4) is 0 Å². The lowest BCUT2D eigenvalue weighted by Crippen LogP contribution is -2.35. The second-order valence-corrected chi connectivity index (χ2v) is 6.41. The van der Waals surface area contributed by atoms with Crippen LogP contribution in [0.25, 0.3) is 0 Å².